The van der Waals surface area contributed by atoms with Crippen LogP contribution in [0.15, 0.2) is 48.5 Å². The third-order valence-corrected chi connectivity index (χ3v) is 4.89. The van der Waals surface area contributed by atoms with E-state index in [1.807, 2.05) is 48.5 Å². The zero-order valence-corrected chi connectivity index (χ0v) is 10.9. The average Bonchev–Trinajstić information content (AvgIpc) is 2.88. The molecular formula is C17H15F2N. The molecule has 1 fully saturated rings. The summed E-state index contributed by atoms with van der Waals surface area (Å²) in [5.74, 6) is -2.94. The monoisotopic (exact) mass is 271 g/mol. The summed E-state index contributed by atoms with van der Waals surface area (Å²) >= 11 is 0. The Balaban J connectivity index is 1.97. The molecule has 2 aliphatic carbocycles. The molecule has 3 heteroatoms. The normalized spacial score (nSPS) is 26.1. The van der Waals surface area contributed by atoms with Crippen LogP contribution in [0.4, 0.5) is 8.78 Å². The van der Waals surface area contributed by atoms with Gasteiger partial charge in [-0.1, -0.05) is 48.5 Å². The molecule has 0 bridgehead atoms. The lowest BCUT2D eigenvalue weighted by atomic mass is 9.81. The highest BCUT2D eigenvalue weighted by molar-refractivity contribution is 5.79. The second-order valence-electron chi connectivity index (χ2n) is 5.85. The number of hydrogen-bond donors (Lipinski definition) is 1. The Morgan fingerprint density at radius 3 is 1.80 bits per heavy atom. The molecule has 0 spiro atoms. The van der Waals surface area contributed by atoms with E-state index in [0.29, 0.717) is 0 Å². The topological polar surface area (TPSA) is 26.0 Å². The van der Waals surface area contributed by atoms with Crippen molar-refractivity contribution in [2.24, 2.45) is 11.1 Å². The summed E-state index contributed by atoms with van der Waals surface area (Å²) in [5.41, 5.74) is 8.80. The Labute approximate surface area is 116 Å². The Hall–Kier alpha value is -1.74. The zero-order valence-electron chi connectivity index (χ0n) is 10.9. The largest absolute Gasteiger partial charge is 0.330 e. The molecule has 0 heterocycles. The van der Waals surface area contributed by atoms with Crippen LogP contribution in [0.5, 0.6) is 0 Å². The predicted octanol–water partition coefficient (Wildman–Crippen LogP) is 3.78. The van der Waals surface area contributed by atoms with Crippen LogP contribution in [0.1, 0.15) is 23.5 Å². The van der Waals surface area contributed by atoms with Crippen LogP contribution in [0, 0.1) is 5.41 Å². The van der Waals surface area contributed by atoms with E-state index < -0.39 is 11.3 Å². The number of hydrogen-bond acceptors (Lipinski definition) is 1. The van der Waals surface area contributed by atoms with Gasteiger partial charge in [0.05, 0.1) is 5.41 Å². The van der Waals surface area contributed by atoms with Gasteiger partial charge >= 0.3 is 0 Å². The molecule has 0 saturated heterocycles. The van der Waals surface area contributed by atoms with Gasteiger partial charge in [-0.25, -0.2) is 8.78 Å². The number of alkyl halides is 2. The molecule has 0 aromatic heterocycles. The summed E-state index contributed by atoms with van der Waals surface area (Å²) in [6.07, 6.45) is -0.107. The number of nitrogens with two attached hydrogens (primary N) is 1. The molecule has 0 radical (unpaired) electrons. The summed E-state index contributed by atoms with van der Waals surface area (Å²) in [7, 11) is 0. The van der Waals surface area contributed by atoms with E-state index in [9.17, 15) is 8.78 Å². The third-order valence-electron chi connectivity index (χ3n) is 4.89. The molecule has 1 atom stereocenters. The van der Waals surface area contributed by atoms with Gasteiger partial charge in [0.25, 0.3) is 5.92 Å². The van der Waals surface area contributed by atoms with Crippen molar-refractivity contribution in [1.82, 2.24) is 0 Å². The van der Waals surface area contributed by atoms with Gasteiger partial charge in [-0.3, -0.25) is 0 Å². The third kappa shape index (κ3) is 1.29. The molecule has 2 N–H and O–H groups in total. The second-order valence-corrected chi connectivity index (χ2v) is 5.85. The van der Waals surface area contributed by atoms with Crippen LogP contribution in [-0.4, -0.2) is 12.5 Å². The van der Waals surface area contributed by atoms with Crippen molar-refractivity contribution in [3.05, 3.63) is 59.7 Å². The number of benzene rings is 2. The first-order valence-electron chi connectivity index (χ1n) is 6.87. The second kappa shape index (κ2) is 3.67. The van der Waals surface area contributed by atoms with Gasteiger partial charge in [0.15, 0.2) is 0 Å². The first kappa shape index (κ1) is 12.0. The lowest BCUT2D eigenvalue weighted by Crippen LogP contribution is -2.29. The SMILES string of the molecule is NCC1(C2c3ccccc3-c3ccccc32)CC1(F)F. The highest BCUT2D eigenvalue weighted by Crippen LogP contribution is 2.70. The molecule has 1 saturated carbocycles. The first-order chi connectivity index (χ1) is 9.61. The van der Waals surface area contributed by atoms with Crippen molar-refractivity contribution in [1.29, 1.82) is 0 Å². The average molecular weight is 271 g/mol. The maximum absolute atomic E-state index is 14.0. The smallest absolute Gasteiger partial charge is 0.256 e. The molecule has 0 aliphatic heterocycles. The van der Waals surface area contributed by atoms with Crippen LogP contribution in [0.25, 0.3) is 11.1 Å². The summed E-state index contributed by atoms with van der Waals surface area (Å²) in [4.78, 5) is 0. The first-order valence-corrected chi connectivity index (χ1v) is 6.87. The van der Waals surface area contributed by atoms with Crippen molar-refractivity contribution in [2.75, 3.05) is 6.54 Å². The van der Waals surface area contributed by atoms with E-state index in [4.69, 9.17) is 5.73 Å². The van der Waals surface area contributed by atoms with Crippen LogP contribution < -0.4 is 5.73 Å². The van der Waals surface area contributed by atoms with Crippen molar-refractivity contribution < 1.29 is 8.78 Å². The fourth-order valence-corrected chi connectivity index (χ4v) is 3.76. The van der Waals surface area contributed by atoms with E-state index in [1.165, 1.54) is 0 Å². The maximum Gasteiger partial charge on any atom is 0.256 e. The molecule has 1 nitrogen and oxygen atoms in total. The van der Waals surface area contributed by atoms with Gasteiger partial charge < -0.3 is 5.73 Å². The number of halogens is 2. The molecule has 4 rings (SSSR count). The van der Waals surface area contributed by atoms with Gasteiger partial charge in [-0.05, 0) is 22.3 Å². The molecule has 0 amide bonds. The van der Waals surface area contributed by atoms with Gasteiger partial charge in [0.2, 0.25) is 0 Å². The fourth-order valence-electron chi connectivity index (χ4n) is 3.76. The number of rotatable bonds is 2. The van der Waals surface area contributed by atoms with E-state index >= 15 is 0 Å². The quantitative estimate of drug-likeness (QED) is 0.883. The lowest BCUT2D eigenvalue weighted by Gasteiger charge is -2.24. The molecule has 2 aliphatic rings. The summed E-state index contributed by atoms with van der Waals surface area (Å²) < 4.78 is 28.0. The Bertz CT molecular complexity index is 649. The van der Waals surface area contributed by atoms with E-state index in [0.717, 1.165) is 22.3 Å². The standard InChI is InChI=1S/C17H15F2N/c18-17(19)9-16(17,10-20)15-13-7-3-1-5-11(13)12-6-2-4-8-14(12)15/h1-8,15H,9-10,20H2. The Morgan fingerprint density at radius 1 is 0.950 bits per heavy atom. The lowest BCUT2D eigenvalue weighted by molar-refractivity contribution is 0.0609. The molecule has 2 aromatic rings. The summed E-state index contributed by atoms with van der Waals surface area (Å²) in [5, 5.41) is 0. The van der Waals surface area contributed by atoms with Crippen LogP contribution >= 0.6 is 0 Å². The molecule has 1 unspecified atom stereocenters. The van der Waals surface area contributed by atoms with Crippen molar-refractivity contribution >= 4 is 0 Å². The van der Waals surface area contributed by atoms with Gasteiger partial charge in [0.1, 0.15) is 0 Å². The highest BCUT2D eigenvalue weighted by Gasteiger charge is 2.74. The van der Waals surface area contributed by atoms with Crippen molar-refractivity contribution in [3.63, 3.8) is 0 Å². The zero-order chi connectivity index (χ0) is 14.0. The Kier molecular flexibility index (Phi) is 2.21. The molecular weight excluding hydrogens is 256 g/mol. The molecule has 20 heavy (non-hydrogen) atoms. The molecule has 102 valence electrons. The fraction of sp³-hybridized carbons (Fsp3) is 0.294. The van der Waals surface area contributed by atoms with Gasteiger partial charge in [0, 0.05) is 18.9 Å². The minimum Gasteiger partial charge on any atom is -0.330 e. The van der Waals surface area contributed by atoms with Crippen LogP contribution in [0.2, 0.25) is 0 Å². The minimum atomic E-state index is -2.66. The van der Waals surface area contributed by atoms with Gasteiger partial charge in [-0.15, -0.1) is 0 Å². The van der Waals surface area contributed by atoms with E-state index in [2.05, 4.69) is 0 Å². The molecule has 2 aromatic carbocycles. The van der Waals surface area contributed by atoms with E-state index in [1.54, 1.807) is 0 Å². The summed E-state index contributed by atoms with van der Waals surface area (Å²) in [6.45, 7) is 0.0212. The van der Waals surface area contributed by atoms with Crippen molar-refractivity contribution in [3.8, 4) is 11.1 Å². The van der Waals surface area contributed by atoms with Gasteiger partial charge in [-0.2, -0.15) is 0 Å². The Morgan fingerprint density at radius 2 is 1.40 bits per heavy atom. The minimum absolute atomic E-state index is 0.0212. The predicted molar refractivity (Wildman–Crippen MR) is 74.8 cm³/mol. The van der Waals surface area contributed by atoms with E-state index in [-0.39, 0.29) is 18.9 Å². The number of fused-ring (bicyclic) bond motifs is 3. The summed E-state index contributed by atoms with van der Waals surface area (Å²) in [6, 6.07) is 15.7. The van der Waals surface area contributed by atoms with Crippen LogP contribution in [-0.2, 0) is 0 Å². The maximum atomic E-state index is 14.0. The van der Waals surface area contributed by atoms with Crippen molar-refractivity contribution in [2.45, 2.75) is 18.3 Å². The highest BCUT2D eigenvalue weighted by atomic mass is 19.3. The van der Waals surface area contributed by atoms with Crippen LogP contribution in [0.3, 0.4) is 0 Å².